The SMILES string of the molecule is CC1CC=C(c2ccc3c(c2)OC[C@H]2CN(C)CCN32)N(C(=O)OC(C)(C)C)C1. The van der Waals surface area contributed by atoms with E-state index in [9.17, 15) is 4.79 Å². The second-order valence-electron chi connectivity index (χ2n) is 9.62. The molecule has 2 atom stereocenters. The molecule has 0 spiro atoms. The summed E-state index contributed by atoms with van der Waals surface area (Å²) in [7, 11) is 2.16. The Hall–Kier alpha value is -2.21. The molecule has 1 unspecified atom stereocenters. The van der Waals surface area contributed by atoms with Crippen LogP contribution < -0.4 is 9.64 Å². The van der Waals surface area contributed by atoms with E-state index in [2.05, 4.69) is 48.0 Å². The van der Waals surface area contributed by atoms with E-state index in [0.717, 1.165) is 48.8 Å². The third-order valence-corrected chi connectivity index (χ3v) is 5.79. The highest BCUT2D eigenvalue weighted by Crippen LogP contribution is 2.39. The zero-order valence-electron chi connectivity index (χ0n) is 18.3. The summed E-state index contributed by atoms with van der Waals surface area (Å²) in [6.45, 7) is 12.3. The number of nitrogens with zero attached hydrogens (tertiary/aromatic N) is 3. The quantitative estimate of drug-likeness (QED) is 0.718. The lowest BCUT2D eigenvalue weighted by atomic mass is 9.97. The summed E-state index contributed by atoms with van der Waals surface area (Å²) in [6, 6.07) is 6.75. The number of piperazine rings is 1. The fraction of sp³-hybridized carbons (Fsp3) is 0.609. The van der Waals surface area contributed by atoms with E-state index >= 15 is 0 Å². The van der Waals surface area contributed by atoms with Crippen molar-refractivity contribution in [2.75, 3.05) is 44.7 Å². The van der Waals surface area contributed by atoms with Crippen LogP contribution in [0.2, 0.25) is 0 Å². The highest BCUT2D eigenvalue weighted by molar-refractivity contribution is 5.84. The minimum absolute atomic E-state index is 0.284. The van der Waals surface area contributed by atoms with E-state index in [1.807, 2.05) is 20.8 Å². The topological polar surface area (TPSA) is 45.2 Å². The number of ether oxygens (including phenoxy) is 2. The number of fused-ring (bicyclic) bond motifs is 3. The standard InChI is InChI=1S/C23H33N3O3/c1-16-6-8-19(26(13-16)22(27)29-23(2,3)4)17-7-9-20-21(12-17)28-15-18-14-24(5)10-11-25(18)20/h7-9,12,16,18H,6,10-11,13-15H2,1-5H3/t16?,18-/m1/s1. The number of hydrogen-bond acceptors (Lipinski definition) is 5. The summed E-state index contributed by atoms with van der Waals surface area (Å²) in [6.07, 6.45) is 2.82. The van der Waals surface area contributed by atoms with Crippen molar-refractivity contribution in [3.63, 3.8) is 0 Å². The summed E-state index contributed by atoms with van der Waals surface area (Å²) < 4.78 is 11.8. The Labute approximate surface area is 174 Å². The van der Waals surface area contributed by atoms with Crippen LogP contribution in [-0.4, -0.2) is 67.4 Å². The zero-order chi connectivity index (χ0) is 20.8. The van der Waals surface area contributed by atoms with Crippen LogP contribution >= 0.6 is 0 Å². The lowest BCUT2D eigenvalue weighted by Gasteiger charge is -2.44. The highest BCUT2D eigenvalue weighted by atomic mass is 16.6. The van der Waals surface area contributed by atoms with Crippen LogP contribution in [-0.2, 0) is 4.74 Å². The van der Waals surface area contributed by atoms with E-state index in [-0.39, 0.29) is 6.09 Å². The van der Waals surface area contributed by atoms with E-state index in [4.69, 9.17) is 9.47 Å². The first-order valence-corrected chi connectivity index (χ1v) is 10.6. The van der Waals surface area contributed by atoms with Crippen molar-refractivity contribution in [2.45, 2.75) is 45.8 Å². The fourth-order valence-electron chi connectivity index (χ4n) is 4.35. The largest absolute Gasteiger partial charge is 0.489 e. The van der Waals surface area contributed by atoms with Crippen molar-refractivity contribution in [1.29, 1.82) is 0 Å². The number of rotatable bonds is 1. The van der Waals surface area contributed by atoms with E-state index in [1.54, 1.807) is 4.90 Å². The predicted octanol–water partition coefficient (Wildman–Crippen LogP) is 3.82. The first-order valence-electron chi connectivity index (χ1n) is 10.6. The third-order valence-electron chi connectivity index (χ3n) is 5.79. The second kappa shape index (κ2) is 7.56. The first kappa shape index (κ1) is 20.1. The molecule has 3 heterocycles. The predicted molar refractivity (Wildman–Crippen MR) is 115 cm³/mol. The van der Waals surface area contributed by atoms with Gasteiger partial charge in [0, 0.05) is 31.7 Å². The van der Waals surface area contributed by atoms with Crippen molar-refractivity contribution in [3.8, 4) is 5.75 Å². The van der Waals surface area contributed by atoms with Gasteiger partial charge < -0.3 is 19.3 Å². The van der Waals surface area contributed by atoms with E-state index in [1.165, 1.54) is 0 Å². The normalized spacial score (nSPS) is 24.9. The van der Waals surface area contributed by atoms with Crippen LogP contribution in [0.15, 0.2) is 24.3 Å². The molecule has 158 valence electrons. The lowest BCUT2D eigenvalue weighted by Crippen LogP contribution is -2.56. The summed E-state index contributed by atoms with van der Waals surface area (Å²) >= 11 is 0. The Morgan fingerprint density at radius 1 is 1.21 bits per heavy atom. The van der Waals surface area contributed by atoms with Gasteiger partial charge in [0.2, 0.25) is 0 Å². The van der Waals surface area contributed by atoms with Gasteiger partial charge in [0.25, 0.3) is 0 Å². The lowest BCUT2D eigenvalue weighted by molar-refractivity contribution is 0.0327. The fourth-order valence-corrected chi connectivity index (χ4v) is 4.35. The van der Waals surface area contributed by atoms with Gasteiger partial charge >= 0.3 is 6.09 Å². The summed E-state index contributed by atoms with van der Waals surface area (Å²) in [5.74, 6) is 1.32. The molecule has 0 aromatic heterocycles. The van der Waals surface area contributed by atoms with Gasteiger partial charge in [-0.2, -0.15) is 0 Å². The smallest absolute Gasteiger partial charge is 0.414 e. The van der Waals surface area contributed by atoms with Crippen LogP contribution in [0, 0.1) is 5.92 Å². The van der Waals surface area contributed by atoms with Crippen molar-refractivity contribution < 1.29 is 14.3 Å². The first-order chi connectivity index (χ1) is 13.7. The molecule has 4 rings (SSSR count). The van der Waals surface area contributed by atoms with Gasteiger partial charge in [0.15, 0.2) is 0 Å². The molecule has 1 amide bonds. The van der Waals surface area contributed by atoms with Gasteiger partial charge in [-0.05, 0) is 52.3 Å². The minimum atomic E-state index is -0.516. The van der Waals surface area contributed by atoms with Crippen LogP contribution in [0.1, 0.15) is 39.7 Å². The van der Waals surface area contributed by atoms with Crippen LogP contribution in [0.3, 0.4) is 0 Å². The van der Waals surface area contributed by atoms with Crippen molar-refractivity contribution in [2.24, 2.45) is 5.92 Å². The van der Waals surface area contributed by atoms with Gasteiger partial charge in [0.05, 0.1) is 17.4 Å². The van der Waals surface area contributed by atoms with Crippen molar-refractivity contribution in [3.05, 3.63) is 29.8 Å². The molecule has 3 aliphatic heterocycles. The number of benzene rings is 1. The molecule has 6 heteroatoms. The highest BCUT2D eigenvalue weighted by Gasteiger charge is 2.33. The van der Waals surface area contributed by atoms with Gasteiger partial charge in [-0.25, -0.2) is 4.79 Å². The Balaban J connectivity index is 1.61. The number of hydrogen-bond donors (Lipinski definition) is 0. The van der Waals surface area contributed by atoms with Gasteiger partial charge in [-0.3, -0.25) is 4.90 Å². The van der Waals surface area contributed by atoms with Crippen molar-refractivity contribution >= 4 is 17.5 Å². The minimum Gasteiger partial charge on any atom is -0.489 e. The molecule has 1 aromatic carbocycles. The van der Waals surface area contributed by atoms with Gasteiger partial charge in [0.1, 0.15) is 18.0 Å². The molecule has 0 N–H and O–H groups in total. The molecular formula is C23H33N3O3. The maximum absolute atomic E-state index is 12.9. The second-order valence-corrected chi connectivity index (χ2v) is 9.62. The Morgan fingerprint density at radius 3 is 2.76 bits per heavy atom. The monoisotopic (exact) mass is 399 g/mol. The third kappa shape index (κ3) is 4.22. The Kier molecular flexibility index (Phi) is 5.23. The van der Waals surface area contributed by atoms with E-state index in [0.29, 0.717) is 25.1 Å². The molecule has 3 aliphatic rings. The summed E-state index contributed by atoms with van der Waals surface area (Å²) in [5.41, 5.74) is 2.57. The van der Waals surface area contributed by atoms with Gasteiger partial charge in [-0.1, -0.05) is 19.1 Å². The van der Waals surface area contributed by atoms with Crippen LogP contribution in [0.4, 0.5) is 10.5 Å². The molecule has 0 aliphatic carbocycles. The molecule has 1 saturated heterocycles. The number of allylic oxidation sites excluding steroid dienone is 1. The maximum Gasteiger partial charge on any atom is 0.414 e. The van der Waals surface area contributed by atoms with Crippen LogP contribution in [0.25, 0.3) is 5.70 Å². The number of anilines is 1. The zero-order valence-corrected chi connectivity index (χ0v) is 18.3. The number of likely N-dealkylation sites (N-methyl/N-ethyl adjacent to an activating group) is 1. The summed E-state index contributed by atoms with van der Waals surface area (Å²) in [4.78, 5) is 19.5. The maximum atomic E-state index is 12.9. The molecule has 0 bridgehead atoms. The molecule has 0 saturated carbocycles. The molecule has 1 fully saturated rings. The van der Waals surface area contributed by atoms with E-state index < -0.39 is 5.60 Å². The molecule has 1 aromatic rings. The number of amides is 1. The Bertz CT molecular complexity index is 814. The average molecular weight is 400 g/mol. The molecule has 29 heavy (non-hydrogen) atoms. The van der Waals surface area contributed by atoms with Crippen LogP contribution in [0.5, 0.6) is 5.75 Å². The average Bonchev–Trinajstić information content (AvgIpc) is 2.65. The van der Waals surface area contributed by atoms with Gasteiger partial charge in [-0.15, -0.1) is 0 Å². The summed E-state index contributed by atoms with van der Waals surface area (Å²) in [5, 5.41) is 0. The van der Waals surface area contributed by atoms with Crippen molar-refractivity contribution in [1.82, 2.24) is 9.80 Å². The number of carbonyl (C=O) groups excluding carboxylic acids is 1. The number of carbonyl (C=O) groups is 1. The molecular weight excluding hydrogens is 366 g/mol. The Morgan fingerprint density at radius 2 is 2.00 bits per heavy atom. The molecule has 0 radical (unpaired) electrons. The molecule has 6 nitrogen and oxygen atoms in total.